The molecule has 0 aromatic carbocycles. The van der Waals surface area contributed by atoms with Gasteiger partial charge in [0.25, 0.3) is 0 Å². The maximum absolute atomic E-state index is 11.0. The van der Waals surface area contributed by atoms with Crippen molar-refractivity contribution in [2.75, 3.05) is 7.11 Å². The fourth-order valence-corrected chi connectivity index (χ4v) is 2.76. The average molecular weight is 326 g/mol. The Labute approximate surface area is 141 Å². The monoisotopic (exact) mass is 326 g/mol. The molecule has 0 amide bonds. The lowest BCUT2D eigenvalue weighted by atomic mass is 10.0. The number of carbonyl (C=O) groups excluding carboxylic acids is 1. The quantitative estimate of drug-likeness (QED) is 0.225. The Balaban J connectivity index is 1.93. The van der Waals surface area contributed by atoms with Crippen LogP contribution >= 0.6 is 0 Å². The highest BCUT2D eigenvalue weighted by Crippen LogP contribution is 2.29. The smallest absolute Gasteiger partial charge is 0.305 e. The topological polar surface area (TPSA) is 59.1 Å². The Morgan fingerprint density at radius 1 is 1.17 bits per heavy atom. The highest BCUT2D eigenvalue weighted by molar-refractivity contribution is 5.68. The minimum absolute atomic E-state index is 0.0109. The molecule has 23 heavy (non-hydrogen) atoms. The maximum Gasteiger partial charge on any atom is 0.305 e. The van der Waals surface area contributed by atoms with E-state index in [0.717, 1.165) is 44.9 Å². The standard InChI is InChI=1S/C19H34O4/c1-3-4-5-7-11-14-17-19(23-17)16(20)13-10-8-6-9-12-15-18(21)22-2/h11,14,16-17,19-20H,3-10,12-13,15H2,1-2H3/b14-11-/t16-,17+,19+/m1/s1. The second kappa shape index (κ2) is 12.5. The second-order valence-corrected chi connectivity index (χ2v) is 6.44. The largest absolute Gasteiger partial charge is 0.469 e. The van der Waals surface area contributed by atoms with E-state index in [4.69, 9.17) is 4.74 Å². The Bertz CT molecular complexity index is 340. The van der Waals surface area contributed by atoms with E-state index in [9.17, 15) is 9.90 Å². The molecule has 1 aliphatic heterocycles. The maximum atomic E-state index is 11.0. The number of hydrogen-bond acceptors (Lipinski definition) is 4. The number of esters is 1. The van der Waals surface area contributed by atoms with Crippen LogP contribution in [0.25, 0.3) is 0 Å². The highest BCUT2D eigenvalue weighted by atomic mass is 16.6. The number of hydrogen-bond donors (Lipinski definition) is 1. The van der Waals surface area contributed by atoms with Crippen LogP contribution in [0.15, 0.2) is 12.2 Å². The van der Waals surface area contributed by atoms with Crippen molar-refractivity contribution in [1.29, 1.82) is 0 Å². The first-order valence-electron chi connectivity index (χ1n) is 9.26. The summed E-state index contributed by atoms with van der Waals surface area (Å²) in [4.78, 5) is 11.0. The molecule has 0 bridgehead atoms. The van der Waals surface area contributed by atoms with Gasteiger partial charge in [-0.05, 0) is 25.7 Å². The zero-order chi connectivity index (χ0) is 16.9. The molecule has 1 saturated heterocycles. The molecule has 0 saturated carbocycles. The molecule has 4 heteroatoms. The predicted molar refractivity (Wildman–Crippen MR) is 92.3 cm³/mol. The highest BCUT2D eigenvalue weighted by Gasteiger charge is 2.41. The van der Waals surface area contributed by atoms with E-state index in [-0.39, 0.29) is 24.3 Å². The molecule has 1 rings (SSSR count). The number of allylic oxidation sites excluding steroid dienone is 1. The number of unbranched alkanes of at least 4 members (excludes halogenated alkanes) is 7. The van der Waals surface area contributed by atoms with E-state index in [1.165, 1.54) is 26.4 Å². The first-order valence-corrected chi connectivity index (χ1v) is 9.26. The van der Waals surface area contributed by atoms with Crippen LogP contribution in [0.5, 0.6) is 0 Å². The van der Waals surface area contributed by atoms with Crippen LogP contribution in [0.1, 0.15) is 77.6 Å². The lowest BCUT2D eigenvalue weighted by Crippen LogP contribution is -2.16. The fraction of sp³-hybridized carbons (Fsp3) is 0.842. The summed E-state index contributed by atoms with van der Waals surface area (Å²) in [5.41, 5.74) is 0. The number of aliphatic hydroxyl groups is 1. The minimum Gasteiger partial charge on any atom is -0.469 e. The summed E-state index contributed by atoms with van der Waals surface area (Å²) >= 11 is 0. The van der Waals surface area contributed by atoms with Gasteiger partial charge in [-0.3, -0.25) is 4.79 Å². The summed E-state index contributed by atoms with van der Waals surface area (Å²) in [5, 5.41) is 10.1. The second-order valence-electron chi connectivity index (χ2n) is 6.44. The van der Waals surface area contributed by atoms with Gasteiger partial charge in [0, 0.05) is 6.42 Å². The van der Waals surface area contributed by atoms with E-state index < -0.39 is 0 Å². The third-order valence-electron chi connectivity index (χ3n) is 4.35. The van der Waals surface area contributed by atoms with Gasteiger partial charge in [0.15, 0.2) is 0 Å². The van der Waals surface area contributed by atoms with E-state index >= 15 is 0 Å². The number of aliphatic hydroxyl groups excluding tert-OH is 1. The van der Waals surface area contributed by atoms with Crippen LogP contribution in [0, 0.1) is 0 Å². The molecule has 1 N–H and O–H groups in total. The summed E-state index contributed by atoms with van der Waals surface area (Å²) in [6.07, 6.45) is 15.5. The molecule has 3 atom stereocenters. The number of carbonyl (C=O) groups is 1. The van der Waals surface area contributed by atoms with E-state index in [1.807, 2.05) is 0 Å². The number of epoxide rings is 1. The third kappa shape index (κ3) is 9.77. The van der Waals surface area contributed by atoms with Crippen LogP contribution in [0.4, 0.5) is 0 Å². The van der Waals surface area contributed by atoms with E-state index in [0.29, 0.717) is 6.42 Å². The van der Waals surface area contributed by atoms with Crippen LogP contribution < -0.4 is 0 Å². The van der Waals surface area contributed by atoms with Crippen molar-refractivity contribution in [1.82, 2.24) is 0 Å². The van der Waals surface area contributed by atoms with Gasteiger partial charge in [-0.1, -0.05) is 57.6 Å². The zero-order valence-electron chi connectivity index (χ0n) is 14.8. The lowest BCUT2D eigenvalue weighted by molar-refractivity contribution is -0.140. The van der Waals surface area contributed by atoms with Crippen LogP contribution in [0.2, 0.25) is 0 Å². The molecule has 1 aliphatic rings. The molecular weight excluding hydrogens is 292 g/mol. The van der Waals surface area contributed by atoms with Crippen molar-refractivity contribution in [3.05, 3.63) is 12.2 Å². The van der Waals surface area contributed by atoms with Gasteiger partial charge < -0.3 is 14.6 Å². The molecule has 134 valence electrons. The number of methoxy groups -OCH3 is 1. The zero-order valence-corrected chi connectivity index (χ0v) is 14.8. The molecule has 0 aliphatic carbocycles. The molecule has 0 unspecified atom stereocenters. The van der Waals surface area contributed by atoms with Gasteiger partial charge in [0.05, 0.1) is 13.2 Å². The summed E-state index contributed by atoms with van der Waals surface area (Å²) in [6, 6.07) is 0. The Morgan fingerprint density at radius 2 is 1.91 bits per heavy atom. The SMILES string of the molecule is CCCCC/C=C\[C@@H]1O[C@H]1[C@H](O)CCCCCCCC(=O)OC. The van der Waals surface area contributed by atoms with Gasteiger partial charge in [-0.25, -0.2) is 0 Å². The van der Waals surface area contributed by atoms with Gasteiger partial charge in [-0.15, -0.1) is 0 Å². The summed E-state index contributed by atoms with van der Waals surface area (Å²) < 4.78 is 10.1. The molecular formula is C19H34O4. The Hall–Kier alpha value is -0.870. The lowest BCUT2D eigenvalue weighted by Gasteiger charge is -2.07. The number of rotatable bonds is 14. The molecule has 1 heterocycles. The first-order chi connectivity index (χ1) is 11.2. The predicted octanol–water partition coefficient (Wildman–Crippen LogP) is 4.15. The summed E-state index contributed by atoms with van der Waals surface area (Å²) in [7, 11) is 1.43. The number of ether oxygens (including phenoxy) is 2. The van der Waals surface area contributed by atoms with Crippen molar-refractivity contribution in [3.63, 3.8) is 0 Å². The first kappa shape index (κ1) is 20.2. The molecule has 0 radical (unpaired) electrons. The van der Waals surface area contributed by atoms with E-state index in [1.54, 1.807) is 0 Å². The molecule has 1 fully saturated rings. The molecule has 0 aromatic rings. The average Bonchev–Trinajstić information content (AvgIpc) is 3.33. The minimum atomic E-state index is -0.338. The summed E-state index contributed by atoms with van der Waals surface area (Å²) in [5.74, 6) is -0.125. The molecule has 0 aromatic heterocycles. The molecule has 4 nitrogen and oxygen atoms in total. The third-order valence-corrected chi connectivity index (χ3v) is 4.35. The van der Waals surface area contributed by atoms with Gasteiger partial charge >= 0.3 is 5.97 Å². The molecule has 0 spiro atoms. The van der Waals surface area contributed by atoms with Gasteiger partial charge in [0.2, 0.25) is 0 Å². The van der Waals surface area contributed by atoms with Crippen molar-refractivity contribution in [2.24, 2.45) is 0 Å². The van der Waals surface area contributed by atoms with Crippen LogP contribution in [-0.2, 0) is 14.3 Å². The Morgan fingerprint density at radius 3 is 2.65 bits per heavy atom. The van der Waals surface area contributed by atoms with Crippen molar-refractivity contribution >= 4 is 5.97 Å². The fourth-order valence-electron chi connectivity index (χ4n) is 2.76. The van der Waals surface area contributed by atoms with Gasteiger partial charge in [-0.2, -0.15) is 0 Å². The van der Waals surface area contributed by atoms with Crippen LogP contribution in [-0.4, -0.2) is 36.5 Å². The van der Waals surface area contributed by atoms with Crippen LogP contribution in [0.3, 0.4) is 0 Å². The Kier molecular flexibility index (Phi) is 11.0. The summed E-state index contributed by atoms with van der Waals surface area (Å²) in [6.45, 7) is 2.21. The van der Waals surface area contributed by atoms with Gasteiger partial charge in [0.1, 0.15) is 12.2 Å². The normalized spacial score (nSPS) is 21.5. The van der Waals surface area contributed by atoms with Crippen molar-refractivity contribution < 1.29 is 19.4 Å². The van der Waals surface area contributed by atoms with Crippen molar-refractivity contribution in [2.45, 2.75) is 95.9 Å². The van der Waals surface area contributed by atoms with Crippen molar-refractivity contribution in [3.8, 4) is 0 Å². The van der Waals surface area contributed by atoms with E-state index in [2.05, 4.69) is 23.8 Å².